The van der Waals surface area contributed by atoms with Crippen LogP contribution in [0.3, 0.4) is 0 Å². The Morgan fingerprint density at radius 2 is 2.14 bits per heavy atom. The number of benzene rings is 1. The fraction of sp³-hybridized carbons (Fsp3) is 0.462. The summed E-state index contributed by atoms with van der Waals surface area (Å²) in [5.74, 6) is -1.27. The van der Waals surface area contributed by atoms with E-state index in [9.17, 15) is 17.6 Å². The Labute approximate surface area is 127 Å². The van der Waals surface area contributed by atoms with E-state index >= 15 is 0 Å². The molecule has 8 heteroatoms. The van der Waals surface area contributed by atoms with Crippen LogP contribution in [0.5, 0.6) is 5.75 Å². The zero-order valence-corrected chi connectivity index (χ0v) is 13.0. The zero-order chi connectivity index (χ0) is 15.6. The number of carbonyl (C=O) groups is 1. The number of amides is 1. The van der Waals surface area contributed by atoms with E-state index in [1.54, 1.807) is 4.90 Å². The van der Waals surface area contributed by atoms with Crippen LogP contribution < -0.4 is 4.74 Å². The Kier molecular flexibility index (Phi) is 4.73. The van der Waals surface area contributed by atoms with Crippen molar-refractivity contribution < 1.29 is 22.3 Å². The first-order chi connectivity index (χ1) is 9.82. The molecule has 1 amide bonds. The normalized spacial score (nSPS) is 14.8. The van der Waals surface area contributed by atoms with Crippen LogP contribution in [0.15, 0.2) is 23.1 Å². The number of likely N-dealkylation sites (N-methyl/N-ethyl adjacent to an activating group) is 1. The molecule has 1 fully saturated rings. The summed E-state index contributed by atoms with van der Waals surface area (Å²) in [5, 5.41) is 0. The lowest BCUT2D eigenvalue weighted by atomic mass is 10.3. The fourth-order valence-electron chi connectivity index (χ4n) is 2.00. The lowest BCUT2D eigenvalue weighted by Crippen LogP contribution is -2.36. The Balaban J connectivity index is 2.01. The summed E-state index contributed by atoms with van der Waals surface area (Å²) >= 11 is 0. The largest absolute Gasteiger partial charge is 0.481 e. The van der Waals surface area contributed by atoms with Crippen molar-refractivity contribution in [3.8, 4) is 5.75 Å². The van der Waals surface area contributed by atoms with Crippen molar-refractivity contribution in [1.82, 2.24) is 4.90 Å². The highest BCUT2D eigenvalue weighted by Gasteiger charge is 2.31. The summed E-state index contributed by atoms with van der Waals surface area (Å²) in [7, 11) is 1.12. The molecule has 0 bridgehead atoms. The van der Waals surface area contributed by atoms with E-state index in [1.165, 1.54) is 0 Å². The van der Waals surface area contributed by atoms with E-state index in [0.717, 1.165) is 31.0 Å². The summed E-state index contributed by atoms with van der Waals surface area (Å²) in [6, 6.07) is 3.30. The molecule has 5 nitrogen and oxygen atoms in total. The third-order valence-corrected chi connectivity index (χ3v) is 4.54. The van der Waals surface area contributed by atoms with Gasteiger partial charge in [0.15, 0.2) is 18.2 Å². The van der Waals surface area contributed by atoms with Crippen LogP contribution >= 0.6 is 10.7 Å². The molecule has 116 valence electrons. The number of hydrogen-bond donors (Lipinski definition) is 0. The molecule has 0 heterocycles. The lowest BCUT2D eigenvalue weighted by Gasteiger charge is -2.20. The highest BCUT2D eigenvalue weighted by atomic mass is 35.7. The van der Waals surface area contributed by atoms with Crippen LogP contribution in [-0.2, 0) is 13.8 Å². The molecule has 21 heavy (non-hydrogen) atoms. The molecule has 0 aliphatic heterocycles. The Morgan fingerprint density at radius 1 is 1.48 bits per heavy atom. The van der Waals surface area contributed by atoms with Crippen molar-refractivity contribution >= 4 is 25.6 Å². The molecule has 1 aliphatic carbocycles. The van der Waals surface area contributed by atoms with Crippen LogP contribution in [-0.4, -0.2) is 38.4 Å². The SMILES string of the molecule is CCN(C(=O)COc1ccc(S(=O)(=O)Cl)cc1F)C1CC1. The van der Waals surface area contributed by atoms with Crippen LogP contribution in [0, 0.1) is 5.82 Å². The van der Waals surface area contributed by atoms with Crippen LogP contribution in [0.1, 0.15) is 19.8 Å². The maximum absolute atomic E-state index is 13.7. The van der Waals surface area contributed by atoms with Crippen molar-refractivity contribution in [2.24, 2.45) is 0 Å². The highest BCUT2D eigenvalue weighted by molar-refractivity contribution is 8.13. The molecule has 1 aromatic rings. The molecule has 0 unspecified atom stereocenters. The van der Waals surface area contributed by atoms with Gasteiger partial charge >= 0.3 is 0 Å². The molecule has 1 aromatic carbocycles. The van der Waals surface area contributed by atoms with Gasteiger partial charge in [-0.2, -0.15) is 0 Å². The monoisotopic (exact) mass is 335 g/mol. The molecule has 1 aliphatic rings. The first kappa shape index (κ1) is 16.0. The van der Waals surface area contributed by atoms with Gasteiger partial charge in [0.25, 0.3) is 15.0 Å². The predicted octanol–water partition coefficient (Wildman–Crippen LogP) is 2.14. The molecule has 0 spiro atoms. The van der Waals surface area contributed by atoms with E-state index in [4.69, 9.17) is 15.4 Å². The third kappa shape index (κ3) is 4.07. The lowest BCUT2D eigenvalue weighted by molar-refractivity contribution is -0.133. The Hall–Kier alpha value is -1.34. The maximum atomic E-state index is 13.7. The molecule has 0 N–H and O–H groups in total. The van der Waals surface area contributed by atoms with Gasteiger partial charge in [0, 0.05) is 23.3 Å². The van der Waals surface area contributed by atoms with E-state index in [1.807, 2.05) is 6.92 Å². The zero-order valence-electron chi connectivity index (χ0n) is 11.4. The predicted molar refractivity (Wildman–Crippen MR) is 75.3 cm³/mol. The topological polar surface area (TPSA) is 63.7 Å². The van der Waals surface area contributed by atoms with Gasteiger partial charge in [0.1, 0.15) is 0 Å². The first-order valence-corrected chi connectivity index (χ1v) is 8.80. The average molecular weight is 336 g/mol. The van der Waals surface area contributed by atoms with E-state index in [0.29, 0.717) is 6.54 Å². The molecule has 2 rings (SSSR count). The van der Waals surface area contributed by atoms with Gasteiger partial charge in [-0.05, 0) is 38.0 Å². The summed E-state index contributed by atoms with van der Waals surface area (Å²) in [6.07, 6.45) is 1.96. The number of carbonyl (C=O) groups excluding carboxylic acids is 1. The number of nitrogens with zero attached hydrogens (tertiary/aromatic N) is 1. The van der Waals surface area contributed by atoms with Crippen molar-refractivity contribution in [2.75, 3.05) is 13.2 Å². The molecule has 0 saturated heterocycles. The van der Waals surface area contributed by atoms with Gasteiger partial charge in [-0.3, -0.25) is 4.79 Å². The number of hydrogen-bond acceptors (Lipinski definition) is 4. The van der Waals surface area contributed by atoms with Gasteiger partial charge < -0.3 is 9.64 Å². The molecular formula is C13H15ClFNO4S. The van der Waals surface area contributed by atoms with Crippen molar-refractivity contribution in [3.05, 3.63) is 24.0 Å². The highest BCUT2D eigenvalue weighted by Crippen LogP contribution is 2.27. The van der Waals surface area contributed by atoms with Gasteiger partial charge in [-0.1, -0.05) is 0 Å². The van der Waals surface area contributed by atoms with Gasteiger partial charge in [0.2, 0.25) is 0 Å². The summed E-state index contributed by atoms with van der Waals surface area (Å²) in [6.45, 7) is 2.17. The second-order valence-corrected chi connectivity index (χ2v) is 7.30. The van der Waals surface area contributed by atoms with Crippen LogP contribution in [0.4, 0.5) is 4.39 Å². The molecule has 0 aromatic heterocycles. The van der Waals surface area contributed by atoms with E-state index in [2.05, 4.69) is 0 Å². The number of ether oxygens (including phenoxy) is 1. The van der Waals surface area contributed by atoms with E-state index in [-0.39, 0.29) is 29.2 Å². The first-order valence-electron chi connectivity index (χ1n) is 6.49. The van der Waals surface area contributed by atoms with Gasteiger partial charge in [-0.15, -0.1) is 0 Å². The second kappa shape index (κ2) is 6.19. The average Bonchev–Trinajstić information content (AvgIpc) is 3.21. The Morgan fingerprint density at radius 3 is 2.62 bits per heavy atom. The quantitative estimate of drug-likeness (QED) is 0.747. The van der Waals surface area contributed by atoms with Crippen molar-refractivity contribution in [1.29, 1.82) is 0 Å². The molecule has 1 saturated carbocycles. The minimum atomic E-state index is -3.99. The summed E-state index contributed by atoms with van der Waals surface area (Å²) in [5.41, 5.74) is 0. The van der Waals surface area contributed by atoms with Crippen LogP contribution in [0.2, 0.25) is 0 Å². The minimum Gasteiger partial charge on any atom is -0.481 e. The number of rotatable bonds is 6. The smallest absolute Gasteiger partial charge is 0.261 e. The second-order valence-electron chi connectivity index (χ2n) is 4.73. The molecule has 0 atom stereocenters. The van der Waals surface area contributed by atoms with Crippen LogP contribution in [0.25, 0.3) is 0 Å². The van der Waals surface area contributed by atoms with Gasteiger partial charge in [0.05, 0.1) is 4.90 Å². The Bertz CT molecular complexity index is 646. The van der Waals surface area contributed by atoms with Crippen molar-refractivity contribution in [2.45, 2.75) is 30.7 Å². The maximum Gasteiger partial charge on any atom is 0.261 e. The minimum absolute atomic E-state index is 0.181. The third-order valence-electron chi connectivity index (χ3n) is 3.18. The van der Waals surface area contributed by atoms with Crippen molar-refractivity contribution in [3.63, 3.8) is 0 Å². The van der Waals surface area contributed by atoms with E-state index < -0.39 is 14.9 Å². The molecule has 0 radical (unpaired) electrons. The fourth-order valence-corrected chi connectivity index (χ4v) is 2.76. The summed E-state index contributed by atoms with van der Waals surface area (Å²) < 4.78 is 41.0. The number of halogens is 2. The molecular weight excluding hydrogens is 321 g/mol. The standard InChI is InChI=1S/C13H15ClFNO4S/c1-2-16(9-3-4-9)13(17)8-20-12-6-5-10(7-11(12)15)21(14,18)19/h5-7,9H,2-4,8H2,1H3. The summed E-state index contributed by atoms with van der Waals surface area (Å²) in [4.78, 5) is 13.3. The van der Waals surface area contributed by atoms with Gasteiger partial charge in [-0.25, -0.2) is 12.8 Å².